The first-order valence-corrected chi connectivity index (χ1v) is 16.6. The van der Waals surface area contributed by atoms with Gasteiger partial charge in [-0.2, -0.15) is 0 Å². The van der Waals surface area contributed by atoms with Crippen LogP contribution in [-0.2, 0) is 27.2 Å². The zero-order valence-electron chi connectivity index (χ0n) is 25.8. The average Bonchev–Trinajstić information content (AvgIpc) is 3.45. The second-order valence-electron chi connectivity index (χ2n) is 10.5. The summed E-state index contributed by atoms with van der Waals surface area (Å²) in [6, 6.07) is 19.9. The largest absolute Gasteiger partial charge is 0.508 e. The first-order valence-electron chi connectivity index (χ1n) is 14.8. The van der Waals surface area contributed by atoms with Crippen LogP contribution < -0.4 is 20.7 Å². The highest BCUT2D eigenvalue weighted by molar-refractivity contribution is 8.00. The van der Waals surface area contributed by atoms with Crippen molar-refractivity contribution in [3.05, 3.63) is 106 Å². The summed E-state index contributed by atoms with van der Waals surface area (Å²) in [5.41, 5.74) is 2.63. The first kappa shape index (κ1) is 33.3. The third-order valence-corrected chi connectivity index (χ3v) is 9.52. The van der Waals surface area contributed by atoms with E-state index in [1.807, 2.05) is 6.07 Å². The van der Waals surface area contributed by atoms with Crippen LogP contribution >= 0.6 is 23.1 Å². The van der Waals surface area contributed by atoms with Crippen molar-refractivity contribution in [1.29, 1.82) is 0 Å². The van der Waals surface area contributed by atoms with Gasteiger partial charge < -0.3 is 30.5 Å². The van der Waals surface area contributed by atoms with E-state index >= 15 is 0 Å². The fourth-order valence-electron chi connectivity index (χ4n) is 5.06. The van der Waals surface area contributed by atoms with Gasteiger partial charge in [0.25, 0.3) is 11.8 Å². The number of aromatic hydroxyl groups is 1. The molecule has 0 aliphatic heterocycles. The van der Waals surface area contributed by atoms with Gasteiger partial charge in [0, 0.05) is 32.7 Å². The molecule has 0 saturated carbocycles. The summed E-state index contributed by atoms with van der Waals surface area (Å²) in [4.78, 5) is 53.9. The molecule has 5 rings (SSSR count). The van der Waals surface area contributed by atoms with Gasteiger partial charge in [0.15, 0.2) is 0 Å². The molecular weight excluding hydrogens is 639 g/mol. The summed E-state index contributed by atoms with van der Waals surface area (Å²) >= 11 is 2.70. The number of fused-ring (bicyclic) bond motifs is 1. The number of thiophene rings is 1. The van der Waals surface area contributed by atoms with E-state index in [1.165, 1.54) is 55.5 Å². The van der Waals surface area contributed by atoms with Crippen molar-refractivity contribution in [1.82, 2.24) is 5.32 Å². The minimum atomic E-state index is -0.596. The van der Waals surface area contributed by atoms with E-state index in [-0.39, 0.29) is 23.1 Å². The van der Waals surface area contributed by atoms with E-state index in [9.17, 15) is 24.3 Å². The molecule has 0 bridgehead atoms. The van der Waals surface area contributed by atoms with Crippen LogP contribution in [0.1, 0.15) is 49.6 Å². The molecule has 1 aliphatic carbocycles. The van der Waals surface area contributed by atoms with Gasteiger partial charge in [-0.05, 0) is 79.8 Å². The molecule has 47 heavy (non-hydrogen) atoms. The zero-order chi connectivity index (χ0) is 33.3. The smallest absolute Gasteiger partial charge is 0.341 e. The van der Waals surface area contributed by atoms with Crippen LogP contribution in [0.2, 0.25) is 0 Å². The summed E-state index contributed by atoms with van der Waals surface area (Å²) in [6.45, 7) is 0. The van der Waals surface area contributed by atoms with Gasteiger partial charge in [0.1, 0.15) is 22.2 Å². The lowest BCUT2D eigenvalue weighted by atomic mass is 9.95. The number of phenolic OH excluding ortho intramolecular Hbond substituents is 1. The van der Waals surface area contributed by atoms with E-state index < -0.39 is 17.8 Å². The lowest BCUT2D eigenvalue weighted by Gasteiger charge is -2.13. The highest BCUT2D eigenvalue weighted by Crippen LogP contribution is 2.38. The van der Waals surface area contributed by atoms with Crippen LogP contribution in [0.5, 0.6) is 11.5 Å². The second kappa shape index (κ2) is 15.5. The summed E-state index contributed by atoms with van der Waals surface area (Å²) < 4.78 is 10.4. The predicted octanol–water partition coefficient (Wildman–Crippen LogP) is 6.27. The van der Waals surface area contributed by atoms with Crippen molar-refractivity contribution in [3.8, 4) is 11.5 Å². The van der Waals surface area contributed by atoms with Crippen molar-refractivity contribution in [2.45, 2.75) is 30.6 Å². The van der Waals surface area contributed by atoms with Gasteiger partial charge in [-0.3, -0.25) is 14.4 Å². The summed E-state index contributed by atoms with van der Waals surface area (Å²) in [7, 11) is 2.77. The van der Waals surface area contributed by atoms with Crippen LogP contribution in [0.3, 0.4) is 0 Å². The van der Waals surface area contributed by atoms with Crippen molar-refractivity contribution < 1.29 is 33.8 Å². The number of ether oxygens (including phenoxy) is 2. The van der Waals surface area contributed by atoms with Crippen LogP contribution in [0.15, 0.2) is 83.4 Å². The molecule has 0 radical (unpaired) electrons. The predicted molar refractivity (Wildman–Crippen MR) is 183 cm³/mol. The molecule has 0 fully saturated rings. The monoisotopic (exact) mass is 671 g/mol. The number of amides is 3. The lowest BCUT2D eigenvalue weighted by molar-refractivity contribution is -0.114. The number of benzene rings is 3. The Balaban J connectivity index is 1.29. The fraction of sp³-hybridized carbons (Fsp3) is 0.200. The third kappa shape index (κ3) is 8.40. The summed E-state index contributed by atoms with van der Waals surface area (Å²) in [5, 5.41) is 18.8. The van der Waals surface area contributed by atoms with E-state index in [0.717, 1.165) is 41.0 Å². The number of hydrogen-bond donors (Lipinski definition) is 4. The summed E-state index contributed by atoms with van der Waals surface area (Å²) in [6.07, 6.45) is 5.16. The van der Waals surface area contributed by atoms with E-state index in [0.29, 0.717) is 33.1 Å². The Kier molecular flexibility index (Phi) is 11.0. The molecule has 1 aliphatic rings. The number of hydrogen-bond acceptors (Lipinski definition) is 9. The van der Waals surface area contributed by atoms with E-state index in [2.05, 4.69) is 16.0 Å². The number of esters is 1. The molecule has 0 atom stereocenters. The Morgan fingerprint density at radius 1 is 0.936 bits per heavy atom. The van der Waals surface area contributed by atoms with Gasteiger partial charge in [-0.25, -0.2) is 4.79 Å². The molecule has 1 aromatic heterocycles. The number of phenols is 1. The number of carbonyl (C=O) groups is 4. The Labute approximate surface area is 280 Å². The molecule has 0 spiro atoms. The zero-order valence-corrected chi connectivity index (χ0v) is 27.4. The maximum absolute atomic E-state index is 13.5. The van der Waals surface area contributed by atoms with Crippen LogP contribution in [0, 0.1) is 0 Å². The standard InChI is InChI=1S/C35H33N3O7S2/c1-44-28-19-24(39)16-15-22(28)17-27(37-32(41)21-9-4-3-5-10-21)33(42)36-23-11-8-12-25(18-23)46-20-30(40)38-34-31(35(43)45-2)26-13-6-7-14-29(26)47-34/h3-5,8-12,15-19,39H,6-7,13-14,20H2,1-2H3,(H,36,42)(H,37,41)(H,38,40)/b27-17+. The Morgan fingerprint density at radius 2 is 1.72 bits per heavy atom. The van der Waals surface area contributed by atoms with Gasteiger partial charge >= 0.3 is 5.97 Å². The van der Waals surface area contributed by atoms with Gasteiger partial charge in [0.05, 0.1) is 25.5 Å². The Bertz CT molecular complexity index is 1840. The van der Waals surface area contributed by atoms with Gasteiger partial charge in [-0.1, -0.05) is 24.3 Å². The summed E-state index contributed by atoms with van der Waals surface area (Å²) in [5.74, 6) is -1.44. The molecule has 12 heteroatoms. The number of aryl methyl sites for hydroxylation is 1. The van der Waals surface area contributed by atoms with E-state index in [1.54, 1.807) is 54.6 Å². The first-order chi connectivity index (χ1) is 22.7. The number of anilines is 2. The molecular formula is C35H33N3O7S2. The van der Waals surface area contributed by atoms with Crippen molar-refractivity contribution >= 4 is 63.6 Å². The molecule has 0 saturated heterocycles. The number of rotatable bonds is 11. The quantitative estimate of drug-likeness (QED) is 0.0831. The maximum Gasteiger partial charge on any atom is 0.341 e. The highest BCUT2D eigenvalue weighted by atomic mass is 32.2. The molecule has 242 valence electrons. The topological polar surface area (TPSA) is 143 Å². The number of methoxy groups -OCH3 is 2. The number of carbonyl (C=O) groups excluding carboxylic acids is 4. The Hall–Kier alpha value is -5.07. The molecule has 0 unspecified atom stereocenters. The van der Waals surface area contributed by atoms with Crippen molar-refractivity contribution in [2.24, 2.45) is 0 Å². The van der Waals surface area contributed by atoms with Crippen LogP contribution in [0.25, 0.3) is 6.08 Å². The van der Waals surface area contributed by atoms with Crippen molar-refractivity contribution in [3.63, 3.8) is 0 Å². The fourth-order valence-corrected chi connectivity index (χ4v) is 7.11. The van der Waals surface area contributed by atoms with Crippen molar-refractivity contribution in [2.75, 3.05) is 30.6 Å². The minimum absolute atomic E-state index is 0.0141. The SMILES string of the molecule is COC(=O)c1c(NC(=O)CSc2cccc(NC(=O)/C(=C\c3ccc(O)cc3OC)NC(=O)c3ccccc3)c2)sc2c1CCCC2. The molecule has 10 nitrogen and oxygen atoms in total. The second-order valence-corrected chi connectivity index (χ2v) is 12.7. The molecule has 4 aromatic rings. The van der Waals surface area contributed by atoms with Crippen LogP contribution in [-0.4, -0.2) is 48.8 Å². The number of thioether (sulfide) groups is 1. The third-order valence-electron chi connectivity index (χ3n) is 7.32. The maximum atomic E-state index is 13.5. The normalized spacial score (nSPS) is 12.4. The molecule has 1 heterocycles. The average molecular weight is 672 g/mol. The highest BCUT2D eigenvalue weighted by Gasteiger charge is 2.27. The Morgan fingerprint density at radius 3 is 2.49 bits per heavy atom. The van der Waals surface area contributed by atoms with E-state index in [4.69, 9.17) is 9.47 Å². The molecule has 3 amide bonds. The van der Waals surface area contributed by atoms with Gasteiger partial charge in [0.2, 0.25) is 5.91 Å². The molecule has 3 aromatic carbocycles. The molecule has 4 N–H and O–H groups in total. The van der Waals surface area contributed by atoms with Crippen LogP contribution in [0.4, 0.5) is 10.7 Å². The minimum Gasteiger partial charge on any atom is -0.508 e. The van der Waals surface area contributed by atoms with Gasteiger partial charge in [-0.15, -0.1) is 23.1 Å². The number of nitrogens with one attached hydrogen (secondary N) is 3. The lowest BCUT2D eigenvalue weighted by Crippen LogP contribution is -2.30.